The fourth-order valence-electron chi connectivity index (χ4n) is 2.67. The van der Waals surface area contributed by atoms with Gasteiger partial charge in [0, 0.05) is 31.2 Å². The van der Waals surface area contributed by atoms with E-state index in [-0.39, 0.29) is 5.75 Å². The Morgan fingerprint density at radius 1 is 1.23 bits per heavy atom. The zero-order chi connectivity index (χ0) is 20.3. The maximum absolute atomic E-state index is 12.0. The van der Waals surface area contributed by atoms with E-state index >= 15 is 0 Å². The molecule has 0 aliphatic rings. The van der Waals surface area contributed by atoms with Crippen molar-refractivity contribution in [2.45, 2.75) is 51.5 Å². The van der Waals surface area contributed by atoms with Crippen LogP contribution in [-0.4, -0.2) is 45.5 Å². The summed E-state index contributed by atoms with van der Waals surface area (Å²) < 4.78 is 28.7. The summed E-state index contributed by atoms with van der Waals surface area (Å²) >= 11 is 0. The van der Waals surface area contributed by atoms with Crippen LogP contribution >= 0.6 is 0 Å². The summed E-state index contributed by atoms with van der Waals surface area (Å²) in [5, 5.41) is 2.85. The molecule has 0 saturated carbocycles. The maximum Gasteiger partial charge on any atom is 0.408 e. The van der Waals surface area contributed by atoms with Crippen LogP contribution in [0.25, 0.3) is 0 Å². The summed E-state index contributed by atoms with van der Waals surface area (Å²) in [4.78, 5) is 13.9. The highest BCUT2D eigenvalue weighted by molar-refractivity contribution is 7.89. The van der Waals surface area contributed by atoms with Gasteiger partial charge in [-0.1, -0.05) is 0 Å². The van der Waals surface area contributed by atoms with Crippen LogP contribution in [0.3, 0.4) is 0 Å². The van der Waals surface area contributed by atoms with Crippen molar-refractivity contribution in [1.82, 2.24) is 5.32 Å². The summed E-state index contributed by atoms with van der Waals surface area (Å²) in [6, 6.07) is 5.19. The number of ether oxygens (including phenoxy) is 1. The summed E-state index contributed by atoms with van der Waals surface area (Å²) in [6.07, 6.45) is 0.693. The molecule has 26 heavy (non-hydrogen) atoms. The second kappa shape index (κ2) is 7.73. The van der Waals surface area contributed by atoms with Crippen LogP contribution in [0.4, 0.5) is 16.2 Å². The molecule has 1 aromatic carbocycles. The molecule has 0 saturated heterocycles. The standard InChI is InChI=1S/C18H31N3O4S/c1-17(2,3)25-16(22)20-18(4,5)12-21(6)15-9-8-14(19)10-13(15)11-26(7,23)24/h8-10H,11-12,19H2,1-7H3,(H,20,22). The first kappa shape index (κ1) is 22.1. The average molecular weight is 386 g/mol. The number of nitrogens with two attached hydrogens (primary N) is 1. The van der Waals surface area contributed by atoms with Crippen molar-refractivity contribution in [3.63, 3.8) is 0 Å². The van der Waals surface area contributed by atoms with E-state index < -0.39 is 27.1 Å². The van der Waals surface area contributed by atoms with E-state index in [1.54, 1.807) is 39.0 Å². The molecule has 1 rings (SSSR count). The Morgan fingerprint density at radius 2 is 1.81 bits per heavy atom. The van der Waals surface area contributed by atoms with Gasteiger partial charge in [0.15, 0.2) is 9.84 Å². The number of nitrogens with zero attached hydrogens (tertiary/aromatic N) is 1. The maximum atomic E-state index is 12.0. The largest absolute Gasteiger partial charge is 0.444 e. The van der Waals surface area contributed by atoms with Crippen LogP contribution in [0, 0.1) is 0 Å². The Balaban J connectivity index is 2.95. The van der Waals surface area contributed by atoms with Gasteiger partial charge in [0.05, 0.1) is 11.3 Å². The van der Waals surface area contributed by atoms with Gasteiger partial charge in [0.25, 0.3) is 0 Å². The monoisotopic (exact) mass is 385 g/mol. The highest BCUT2D eigenvalue weighted by Crippen LogP contribution is 2.25. The predicted octanol–water partition coefficient (Wildman–Crippen LogP) is 2.55. The number of carbonyl (C=O) groups excluding carboxylic acids is 1. The van der Waals surface area contributed by atoms with E-state index in [2.05, 4.69) is 5.32 Å². The van der Waals surface area contributed by atoms with E-state index in [1.807, 2.05) is 25.8 Å². The van der Waals surface area contributed by atoms with Crippen molar-refractivity contribution in [1.29, 1.82) is 0 Å². The number of nitrogen functional groups attached to an aromatic ring is 1. The van der Waals surface area contributed by atoms with Gasteiger partial charge in [0.2, 0.25) is 0 Å². The number of carbonyl (C=O) groups is 1. The Labute approximate surface area is 156 Å². The molecule has 0 bridgehead atoms. The minimum atomic E-state index is -3.20. The van der Waals surface area contributed by atoms with Crippen molar-refractivity contribution in [2.75, 3.05) is 30.5 Å². The molecule has 0 spiro atoms. The number of likely N-dealkylation sites (N-methyl/N-ethyl adjacent to an activating group) is 1. The van der Waals surface area contributed by atoms with Gasteiger partial charge in [-0.15, -0.1) is 0 Å². The summed E-state index contributed by atoms with van der Waals surface area (Å²) in [7, 11) is -1.36. The number of anilines is 2. The van der Waals surface area contributed by atoms with Crippen molar-refractivity contribution in [3.05, 3.63) is 23.8 Å². The van der Waals surface area contributed by atoms with Crippen molar-refractivity contribution in [2.24, 2.45) is 0 Å². The number of rotatable bonds is 6. The second-order valence-corrected chi connectivity index (χ2v) is 10.5. The predicted molar refractivity (Wildman–Crippen MR) is 106 cm³/mol. The minimum absolute atomic E-state index is 0.0996. The third kappa shape index (κ3) is 7.95. The number of alkyl carbamates (subject to hydrolysis) is 1. The molecule has 8 heteroatoms. The Hall–Kier alpha value is -1.96. The summed E-state index contributed by atoms with van der Waals surface area (Å²) in [5.41, 5.74) is 6.53. The Bertz CT molecular complexity index is 752. The first-order valence-corrected chi connectivity index (χ1v) is 10.4. The Kier molecular flexibility index (Phi) is 6.57. The summed E-state index contributed by atoms with van der Waals surface area (Å²) in [5.74, 6) is -0.0996. The molecule has 0 heterocycles. The van der Waals surface area contributed by atoms with Crippen molar-refractivity contribution >= 4 is 27.3 Å². The third-order valence-electron chi connectivity index (χ3n) is 3.40. The molecular weight excluding hydrogens is 354 g/mol. The molecule has 148 valence electrons. The van der Waals surface area contributed by atoms with Gasteiger partial charge in [-0.2, -0.15) is 0 Å². The number of hydrogen-bond acceptors (Lipinski definition) is 6. The number of benzene rings is 1. The zero-order valence-electron chi connectivity index (χ0n) is 16.7. The molecule has 0 aliphatic carbocycles. The molecule has 3 N–H and O–H groups in total. The molecule has 0 radical (unpaired) electrons. The van der Waals surface area contributed by atoms with E-state index in [4.69, 9.17) is 10.5 Å². The van der Waals surface area contributed by atoms with Crippen LogP contribution in [0.1, 0.15) is 40.2 Å². The molecule has 7 nitrogen and oxygen atoms in total. The van der Waals surface area contributed by atoms with Crippen molar-refractivity contribution < 1.29 is 17.9 Å². The van der Waals surface area contributed by atoms with Crippen LogP contribution in [0.5, 0.6) is 0 Å². The number of hydrogen-bond donors (Lipinski definition) is 2. The van der Waals surface area contributed by atoms with Crippen molar-refractivity contribution in [3.8, 4) is 0 Å². The van der Waals surface area contributed by atoms with E-state index in [1.165, 1.54) is 6.26 Å². The first-order valence-electron chi connectivity index (χ1n) is 8.36. The lowest BCUT2D eigenvalue weighted by molar-refractivity contribution is 0.0475. The highest BCUT2D eigenvalue weighted by atomic mass is 32.2. The normalized spacial score (nSPS) is 12.6. The number of amides is 1. The van der Waals surface area contributed by atoms with E-state index in [0.717, 1.165) is 5.69 Å². The van der Waals surface area contributed by atoms with E-state index in [9.17, 15) is 13.2 Å². The van der Waals surface area contributed by atoms with Crippen LogP contribution < -0.4 is 16.0 Å². The van der Waals surface area contributed by atoms with Crippen LogP contribution in [-0.2, 0) is 20.3 Å². The number of nitrogens with one attached hydrogen (secondary N) is 1. The molecule has 0 aromatic heterocycles. The van der Waals surface area contributed by atoms with Crippen LogP contribution in [0.15, 0.2) is 18.2 Å². The molecule has 0 aliphatic heterocycles. The van der Waals surface area contributed by atoms with Gasteiger partial charge in [0.1, 0.15) is 5.60 Å². The quantitative estimate of drug-likeness (QED) is 0.730. The second-order valence-electron chi connectivity index (χ2n) is 8.33. The van der Waals surface area contributed by atoms with E-state index in [0.29, 0.717) is 17.8 Å². The molecule has 1 aromatic rings. The summed E-state index contributed by atoms with van der Waals surface area (Å²) in [6.45, 7) is 9.61. The lowest BCUT2D eigenvalue weighted by Gasteiger charge is -2.34. The smallest absolute Gasteiger partial charge is 0.408 e. The highest BCUT2D eigenvalue weighted by Gasteiger charge is 2.27. The SMILES string of the molecule is CN(CC(C)(C)NC(=O)OC(C)(C)C)c1ccc(N)cc1CS(C)(=O)=O. The molecule has 0 atom stereocenters. The van der Waals surface area contributed by atoms with Gasteiger partial charge in [-0.3, -0.25) is 0 Å². The molecule has 1 amide bonds. The zero-order valence-corrected chi connectivity index (χ0v) is 17.5. The number of sulfone groups is 1. The van der Waals surface area contributed by atoms with Gasteiger partial charge >= 0.3 is 6.09 Å². The lowest BCUT2D eigenvalue weighted by atomic mass is 10.0. The topological polar surface area (TPSA) is 102 Å². The molecular formula is C18H31N3O4S. The molecule has 0 unspecified atom stereocenters. The Morgan fingerprint density at radius 3 is 2.31 bits per heavy atom. The molecule has 0 fully saturated rings. The minimum Gasteiger partial charge on any atom is -0.444 e. The van der Waals surface area contributed by atoms with Gasteiger partial charge < -0.3 is 20.7 Å². The lowest BCUT2D eigenvalue weighted by Crippen LogP contribution is -2.52. The fourth-order valence-corrected chi connectivity index (χ4v) is 3.47. The third-order valence-corrected chi connectivity index (χ3v) is 4.24. The van der Waals surface area contributed by atoms with Crippen LogP contribution in [0.2, 0.25) is 0 Å². The fraction of sp³-hybridized carbons (Fsp3) is 0.611. The average Bonchev–Trinajstić information content (AvgIpc) is 2.31. The first-order chi connectivity index (χ1) is 11.6. The van der Waals surface area contributed by atoms with Gasteiger partial charge in [-0.05, 0) is 58.4 Å². The van der Waals surface area contributed by atoms with Gasteiger partial charge in [-0.25, -0.2) is 13.2 Å².